The Bertz CT molecular complexity index is 593. The van der Waals surface area contributed by atoms with Gasteiger partial charge in [-0.2, -0.15) is 0 Å². The van der Waals surface area contributed by atoms with Gasteiger partial charge in [-0.05, 0) is 42.1 Å². The van der Waals surface area contributed by atoms with Crippen molar-refractivity contribution < 1.29 is 4.74 Å². The van der Waals surface area contributed by atoms with Crippen LogP contribution in [-0.4, -0.2) is 25.1 Å². The molecule has 0 amide bonds. The predicted octanol–water partition coefficient (Wildman–Crippen LogP) is 4.08. The van der Waals surface area contributed by atoms with Crippen molar-refractivity contribution in [2.45, 2.75) is 26.3 Å². The van der Waals surface area contributed by atoms with E-state index < -0.39 is 0 Å². The van der Waals surface area contributed by atoms with E-state index in [-0.39, 0.29) is 0 Å². The summed E-state index contributed by atoms with van der Waals surface area (Å²) in [7, 11) is 1.77. The van der Waals surface area contributed by atoms with E-state index in [1.165, 1.54) is 42.3 Å². The molecule has 0 bridgehead atoms. The summed E-state index contributed by atoms with van der Waals surface area (Å²) in [6.45, 7) is 5.75. The fraction of sp³-hybridized carbons (Fsp3) is 0.444. The number of rotatable bonds is 3. The molecule has 0 radical (unpaired) electrons. The monoisotopic (exact) mass is 269 g/mol. The Hall–Kier alpha value is -1.54. The van der Waals surface area contributed by atoms with Crippen LogP contribution in [0.15, 0.2) is 36.4 Å². The summed E-state index contributed by atoms with van der Waals surface area (Å²) in [5.74, 6) is 1.83. The zero-order chi connectivity index (χ0) is 13.9. The maximum absolute atomic E-state index is 5.60. The number of nitrogens with zero attached hydrogens (tertiary/aromatic N) is 1. The Morgan fingerprint density at radius 3 is 2.85 bits per heavy atom. The zero-order valence-corrected chi connectivity index (χ0v) is 12.4. The maximum Gasteiger partial charge on any atom is 0.123 e. The topological polar surface area (TPSA) is 12.5 Å². The smallest absolute Gasteiger partial charge is 0.123 e. The van der Waals surface area contributed by atoms with Gasteiger partial charge in [-0.1, -0.05) is 37.3 Å². The highest BCUT2D eigenvalue weighted by molar-refractivity contribution is 5.87. The molecule has 2 nitrogen and oxygen atoms in total. The van der Waals surface area contributed by atoms with Crippen molar-refractivity contribution in [3.63, 3.8) is 0 Å². The lowest BCUT2D eigenvalue weighted by atomic mass is 9.98. The van der Waals surface area contributed by atoms with Gasteiger partial charge in [-0.3, -0.25) is 4.90 Å². The van der Waals surface area contributed by atoms with Gasteiger partial charge in [0.15, 0.2) is 0 Å². The first-order chi connectivity index (χ1) is 9.78. The molecule has 20 heavy (non-hydrogen) atoms. The predicted molar refractivity (Wildman–Crippen MR) is 84.2 cm³/mol. The van der Waals surface area contributed by atoms with Gasteiger partial charge < -0.3 is 4.74 Å². The number of ether oxygens (including phenoxy) is 1. The van der Waals surface area contributed by atoms with Crippen LogP contribution in [0, 0.1) is 5.92 Å². The van der Waals surface area contributed by atoms with Crippen LogP contribution in [0.1, 0.15) is 25.3 Å². The standard InChI is InChI=1S/C18H23NO/c1-14-6-5-11-19(12-14)13-17-16-8-4-3-7-15(16)9-10-18(17)20-2/h3-4,7-10,14H,5-6,11-13H2,1-2H3. The molecule has 1 atom stereocenters. The molecule has 2 aromatic rings. The van der Waals surface area contributed by atoms with Crippen molar-refractivity contribution in [3.05, 3.63) is 42.0 Å². The van der Waals surface area contributed by atoms with E-state index in [9.17, 15) is 0 Å². The molecule has 1 heterocycles. The van der Waals surface area contributed by atoms with Crippen LogP contribution in [0.4, 0.5) is 0 Å². The van der Waals surface area contributed by atoms with Gasteiger partial charge >= 0.3 is 0 Å². The van der Waals surface area contributed by atoms with E-state index in [4.69, 9.17) is 4.74 Å². The summed E-state index contributed by atoms with van der Waals surface area (Å²) in [6, 6.07) is 12.9. The highest BCUT2D eigenvalue weighted by Crippen LogP contribution is 2.30. The Morgan fingerprint density at radius 1 is 1.20 bits per heavy atom. The number of methoxy groups -OCH3 is 1. The first kappa shape index (κ1) is 13.4. The second-order valence-electron chi connectivity index (χ2n) is 5.95. The molecule has 106 valence electrons. The highest BCUT2D eigenvalue weighted by atomic mass is 16.5. The van der Waals surface area contributed by atoms with Crippen LogP contribution in [0.25, 0.3) is 10.8 Å². The quantitative estimate of drug-likeness (QED) is 0.832. The van der Waals surface area contributed by atoms with Crippen molar-refractivity contribution in [3.8, 4) is 5.75 Å². The summed E-state index contributed by atoms with van der Waals surface area (Å²) in [5.41, 5.74) is 1.33. The Balaban J connectivity index is 1.96. The third kappa shape index (κ3) is 2.66. The van der Waals surface area contributed by atoms with Crippen LogP contribution >= 0.6 is 0 Å². The summed E-state index contributed by atoms with van der Waals surface area (Å²) in [5, 5.41) is 2.62. The molecular weight excluding hydrogens is 246 g/mol. The van der Waals surface area contributed by atoms with Crippen LogP contribution in [0.3, 0.4) is 0 Å². The van der Waals surface area contributed by atoms with Crippen molar-refractivity contribution in [1.82, 2.24) is 4.90 Å². The minimum atomic E-state index is 0.810. The molecule has 1 saturated heterocycles. The molecule has 1 aliphatic rings. The fourth-order valence-electron chi connectivity index (χ4n) is 3.32. The second kappa shape index (κ2) is 5.84. The van der Waals surface area contributed by atoms with E-state index in [0.29, 0.717) is 0 Å². The summed E-state index contributed by atoms with van der Waals surface area (Å²) in [4.78, 5) is 2.57. The van der Waals surface area contributed by atoms with Gasteiger partial charge in [0, 0.05) is 18.7 Å². The van der Waals surface area contributed by atoms with Gasteiger partial charge in [0.1, 0.15) is 5.75 Å². The van der Waals surface area contributed by atoms with Crippen molar-refractivity contribution in [2.24, 2.45) is 5.92 Å². The Kier molecular flexibility index (Phi) is 3.93. The molecule has 3 rings (SSSR count). The second-order valence-corrected chi connectivity index (χ2v) is 5.95. The lowest BCUT2D eigenvalue weighted by molar-refractivity contribution is 0.175. The average molecular weight is 269 g/mol. The molecule has 0 aromatic heterocycles. The van der Waals surface area contributed by atoms with Gasteiger partial charge in [0.2, 0.25) is 0 Å². The van der Waals surface area contributed by atoms with Crippen molar-refractivity contribution in [2.75, 3.05) is 20.2 Å². The molecular formula is C18H23NO. The van der Waals surface area contributed by atoms with E-state index in [0.717, 1.165) is 18.2 Å². The third-order valence-electron chi connectivity index (χ3n) is 4.34. The third-order valence-corrected chi connectivity index (χ3v) is 4.34. The van der Waals surface area contributed by atoms with Gasteiger partial charge in [0.25, 0.3) is 0 Å². The fourth-order valence-corrected chi connectivity index (χ4v) is 3.32. The lowest BCUT2D eigenvalue weighted by Gasteiger charge is -2.31. The Labute approximate surface area is 121 Å². The summed E-state index contributed by atoms with van der Waals surface area (Å²) >= 11 is 0. The first-order valence-corrected chi connectivity index (χ1v) is 7.55. The number of hydrogen-bond acceptors (Lipinski definition) is 2. The lowest BCUT2D eigenvalue weighted by Crippen LogP contribution is -2.33. The SMILES string of the molecule is COc1ccc2ccccc2c1CN1CCCC(C)C1. The molecule has 0 saturated carbocycles. The van der Waals surface area contributed by atoms with Gasteiger partial charge in [-0.25, -0.2) is 0 Å². The zero-order valence-electron chi connectivity index (χ0n) is 12.4. The minimum Gasteiger partial charge on any atom is -0.496 e. The van der Waals surface area contributed by atoms with Crippen LogP contribution in [0.5, 0.6) is 5.75 Å². The van der Waals surface area contributed by atoms with E-state index in [1.54, 1.807) is 7.11 Å². The molecule has 0 aliphatic carbocycles. The van der Waals surface area contributed by atoms with Gasteiger partial charge in [-0.15, -0.1) is 0 Å². The normalized spacial score (nSPS) is 20.2. The maximum atomic E-state index is 5.60. The largest absolute Gasteiger partial charge is 0.496 e. The van der Waals surface area contributed by atoms with Crippen molar-refractivity contribution >= 4 is 10.8 Å². The summed E-state index contributed by atoms with van der Waals surface area (Å²) < 4.78 is 5.60. The molecule has 2 aromatic carbocycles. The number of fused-ring (bicyclic) bond motifs is 1. The van der Waals surface area contributed by atoms with E-state index in [2.05, 4.69) is 48.2 Å². The molecule has 1 fully saturated rings. The molecule has 0 spiro atoms. The number of hydrogen-bond donors (Lipinski definition) is 0. The first-order valence-electron chi connectivity index (χ1n) is 7.55. The average Bonchev–Trinajstić information content (AvgIpc) is 2.48. The van der Waals surface area contributed by atoms with Crippen LogP contribution in [0.2, 0.25) is 0 Å². The van der Waals surface area contributed by atoms with E-state index in [1.807, 2.05) is 0 Å². The van der Waals surface area contributed by atoms with E-state index >= 15 is 0 Å². The molecule has 2 heteroatoms. The molecule has 1 aliphatic heterocycles. The number of piperidine rings is 1. The molecule has 1 unspecified atom stereocenters. The van der Waals surface area contributed by atoms with Crippen LogP contribution < -0.4 is 4.74 Å². The van der Waals surface area contributed by atoms with Gasteiger partial charge in [0.05, 0.1) is 7.11 Å². The number of benzene rings is 2. The summed E-state index contributed by atoms with van der Waals surface area (Å²) in [6.07, 6.45) is 2.68. The highest BCUT2D eigenvalue weighted by Gasteiger charge is 2.18. The van der Waals surface area contributed by atoms with Crippen molar-refractivity contribution in [1.29, 1.82) is 0 Å². The molecule has 0 N–H and O–H groups in total. The number of likely N-dealkylation sites (tertiary alicyclic amines) is 1. The van der Waals surface area contributed by atoms with Crippen LogP contribution in [-0.2, 0) is 6.54 Å². The minimum absolute atomic E-state index is 0.810. The Morgan fingerprint density at radius 2 is 2.05 bits per heavy atom.